The molecule has 0 aliphatic carbocycles. The number of carbonyl (C=O) groups excluding carboxylic acids is 2. The first-order chi connectivity index (χ1) is 14.0. The largest absolute Gasteiger partial charge is 0.451 e. The van der Waals surface area contributed by atoms with E-state index < -0.39 is 5.91 Å². The van der Waals surface area contributed by atoms with Gasteiger partial charge < -0.3 is 19.9 Å². The second-order valence-electron chi connectivity index (χ2n) is 6.80. The van der Waals surface area contributed by atoms with E-state index in [9.17, 15) is 9.59 Å². The third kappa shape index (κ3) is 3.52. The number of carbonyl (C=O) groups is 2. The Morgan fingerprint density at radius 2 is 1.76 bits per heavy atom. The van der Waals surface area contributed by atoms with Crippen LogP contribution in [-0.4, -0.2) is 11.8 Å². The first-order valence-electron chi connectivity index (χ1n) is 9.29. The number of hydrogen-bond donors (Lipinski definition) is 2. The van der Waals surface area contributed by atoms with Crippen molar-refractivity contribution in [2.24, 2.45) is 5.73 Å². The number of nitrogens with one attached hydrogen (secondary N) is 1. The number of aryl methyl sites for hydroxylation is 2. The molecule has 0 fully saturated rings. The molecule has 0 unspecified atom stereocenters. The molecule has 0 bridgehead atoms. The van der Waals surface area contributed by atoms with E-state index in [0.717, 1.165) is 22.9 Å². The number of furan rings is 2. The number of rotatable bonds is 5. The smallest absolute Gasteiger partial charge is 0.291 e. The first-order valence-corrected chi connectivity index (χ1v) is 9.29. The van der Waals surface area contributed by atoms with Crippen molar-refractivity contribution in [1.82, 2.24) is 0 Å². The Kier molecular flexibility index (Phi) is 4.68. The SMILES string of the molecule is CCc1ccc2oc(C(=O)Nc3ccc(-c4ccc(C(N)=O)o4)cc3)c(C)c2c1. The minimum Gasteiger partial charge on any atom is -0.451 e. The standard InChI is InChI=1S/C23H20N2O4/c1-3-14-4-9-19-17(12-14)13(2)21(29-19)23(27)25-16-7-5-15(6-8-16)18-10-11-20(28-18)22(24)26/h4-12H,3H2,1-2H3,(H2,24,26)(H,25,27). The first kappa shape index (κ1) is 18.6. The van der Waals surface area contributed by atoms with Gasteiger partial charge in [-0.05, 0) is 67.4 Å². The zero-order valence-electron chi connectivity index (χ0n) is 16.1. The maximum Gasteiger partial charge on any atom is 0.291 e. The van der Waals surface area contributed by atoms with Crippen molar-refractivity contribution in [3.8, 4) is 11.3 Å². The third-order valence-electron chi connectivity index (χ3n) is 4.89. The molecule has 0 radical (unpaired) electrons. The highest BCUT2D eigenvalue weighted by atomic mass is 16.4. The van der Waals surface area contributed by atoms with E-state index in [2.05, 4.69) is 18.3 Å². The summed E-state index contributed by atoms with van der Waals surface area (Å²) in [6.45, 7) is 3.97. The van der Waals surface area contributed by atoms with Gasteiger partial charge >= 0.3 is 0 Å². The molecule has 0 saturated carbocycles. The summed E-state index contributed by atoms with van der Waals surface area (Å²) in [6, 6.07) is 16.3. The van der Waals surface area contributed by atoms with Gasteiger partial charge in [0.25, 0.3) is 11.8 Å². The van der Waals surface area contributed by atoms with E-state index in [-0.39, 0.29) is 11.7 Å². The summed E-state index contributed by atoms with van der Waals surface area (Å²) >= 11 is 0. The van der Waals surface area contributed by atoms with Gasteiger partial charge in [0, 0.05) is 22.2 Å². The number of benzene rings is 2. The lowest BCUT2D eigenvalue weighted by Crippen LogP contribution is -2.12. The van der Waals surface area contributed by atoms with Gasteiger partial charge in [0.1, 0.15) is 11.3 Å². The van der Waals surface area contributed by atoms with E-state index >= 15 is 0 Å². The average molecular weight is 388 g/mol. The van der Waals surface area contributed by atoms with Crippen LogP contribution in [0.4, 0.5) is 5.69 Å². The lowest BCUT2D eigenvalue weighted by molar-refractivity contribution is 0.0972. The monoisotopic (exact) mass is 388 g/mol. The minimum absolute atomic E-state index is 0.101. The van der Waals surface area contributed by atoms with Crippen LogP contribution in [0.1, 0.15) is 39.2 Å². The fraction of sp³-hybridized carbons (Fsp3) is 0.130. The van der Waals surface area contributed by atoms with Crippen LogP contribution in [0, 0.1) is 6.92 Å². The maximum atomic E-state index is 12.7. The summed E-state index contributed by atoms with van der Waals surface area (Å²) in [7, 11) is 0. The summed E-state index contributed by atoms with van der Waals surface area (Å²) in [5.41, 5.74) is 9.30. The van der Waals surface area contributed by atoms with Crippen molar-refractivity contribution in [3.63, 3.8) is 0 Å². The molecule has 2 heterocycles. The molecule has 0 aliphatic heterocycles. The second-order valence-corrected chi connectivity index (χ2v) is 6.80. The second kappa shape index (κ2) is 7.31. The lowest BCUT2D eigenvalue weighted by atomic mass is 10.1. The van der Waals surface area contributed by atoms with Gasteiger partial charge in [0.2, 0.25) is 0 Å². The van der Waals surface area contributed by atoms with Crippen molar-refractivity contribution < 1.29 is 18.4 Å². The van der Waals surface area contributed by atoms with Crippen molar-refractivity contribution in [2.75, 3.05) is 5.32 Å². The maximum absolute atomic E-state index is 12.7. The minimum atomic E-state index is -0.618. The molecule has 4 rings (SSSR count). The molecule has 29 heavy (non-hydrogen) atoms. The molecule has 4 aromatic rings. The fourth-order valence-corrected chi connectivity index (χ4v) is 3.24. The highest BCUT2D eigenvalue weighted by molar-refractivity contribution is 6.06. The number of fused-ring (bicyclic) bond motifs is 1. The van der Waals surface area contributed by atoms with Gasteiger partial charge in [-0.2, -0.15) is 0 Å². The highest BCUT2D eigenvalue weighted by Crippen LogP contribution is 2.28. The average Bonchev–Trinajstić information content (AvgIpc) is 3.34. The Labute approximate surface area is 167 Å². The van der Waals surface area contributed by atoms with E-state index in [1.165, 1.54) is 11.6 Å². The van der Waals surface area contributed by atoms with Gasteiger partial charge in [-0.15, -0.1) is 0 Å². The third-order valence-corrected chi connectivity index (χ3v) is 4.89. The van der Waals surface area contributed by atoms with Gasteiger partial charge in [0.05, 0.1) is 0 Å². The molecular weight excluding hydrogens is 368 g/mol. The molecular formula is C23H20N2O4. The summed E-state index contributed by atoms with van der Waals surface area (Å²) in [5.74, 6) is 0.000811. The zero-order valence-corrected chi connectivity index (χ0v) is 16.1. The van der Waals surface area contributed by atoms with Crippen molar-refractivity contribution in [3.05, 3.63) is 77.2 Å². The summed E-state index contributed by atoms with van der Waals surface area (Å²) in [5, 5.41) is 3.81. The number of primary amides is 1. The van der Waals surface area contributed by atoms with Crippen LogP contribution in [0.15, 0.2) is 63.4 Å². The van der Waals surface area contributed by atoms with Crippen LogP contribution in [0.3, 0.4) is 0 Å². The van der Waals surface area contributed by atoms with E-state index in [0.29, 0.717) is 22.8 Å². The predicted octanol–water partition coefficient (Wildman–Crippen LogP) is 4.91. The number of nitrogens with two attached hydrogens (primary N) is 1. The summed E-state index contributed by atoms with van der Waals surface area (Å²) < 4.78 is 11.2. The van der Waals surface area contributed by atoms with Crippen LogP contribution < -0.4 is 11.1 Å². The Balaban J connectivity index is 1.54. The van der Waals surface area contributed by atoms with Crippen molar-refractivity contribution in [1.29, 1.82) is 0 Å². The van der Waals surface area contributed by atoms with Crippen LogP contribution in [0.2, 0.25) is 0 Å². The quantitative estimate of drug-likeness (QED) is 0.507. The molecule has 146 valence electrons. The molecule has 0 aliphatic rings. The lowest BCUT2D eigenvalue weighted by Gasteiger charge is -2.05. The van der Waals surface area contributed by atoms with Gasteiger partial charge in [-0.3, -0.25) is 9.59 Å². The molecule has 0 saturated heterocycles. The molecule has 0 atom stereocenters. The van der Waals surface area contributed by atoms with Crippen molar-refractivity contribution in [2.45, 2.75) is 20.3 Å². The topological polar surface area (TPSA) is 98.5 Å². The van der Waals surface area contributed by atoms with Gasteiger partial charge in [0.15, 0.2) is 11.5 Å². The number of anilines is 1. The van der Waals surface area contributed by atoms with Crippen LogP contribution >= 0.6 is 0 Å². The summed E-state index contributed by atoms with van der Waals surface area (Å²) in [4.78, 5) is 23.9. The van der Waals surface area contributed by atoms with Crippen LogP contribution in [-0.2, 0) is 6.42 Å². The fourth-order valence-electron chi connectivity index (χ4n) is 3.24. The number of amides is 2. The van der Waals surface area contributed by atoms with Crippen LogP contribution in [0.25, 0.3) is 22.3 Å². The predicted molar refractivity (Wildman–Crippen MR) is 111 cm³/mol. The number of hydrogen-bond acceptors (Lipinski definition) is 4. The molecule has 0 spiro atoms. The van der Waals surface area contributed by atoms with Crippen LogP contribution in [0.5, 0.6) is 0 Å². The van der Waals surface area contributed by atoms with E-state index in [4.69, 9.17) is 14.6 Å². The van der Waals surface area contributed by atoms with Crippen molar-refractivity contribution >= 4 is 28.5 Å². The zero-order chi connectivity index (χ0) is 20.5. The summed E-state index contributed by atoms with van der Waals surface area (Å²) in [6.07, 6.45) is 0.922. The van der Waals surface area contributed by atoms with Gasteiger partial charge in [-0.1, -0.05) is 13.0 Å². The molecule has 3 N–H and O–H groups in total. The molecule has 2 amide bonds. The molecule has 2 aromatic heterocycles. The Morgan fingerprint density at radius 1 is 1.00 bits per heavy atom. The Hall–Kier alpha value is -3.80. The molecule has 2 aromatic carbocycles. The van der Waals surface area contributed by atoms with Gasteiger partial charge in [-0.25, -0.2) is 0 Å². The van der Waals surface area contributed by atoms with E-state index in [1.807, 2.05) is 19.1 Å². The molecule has 6 heteroatoms. The normalized spacial score (nSPS) is 11.0. The highest BCUT2D eigenvalue weighted by Gasteiger charge is 2.18. The Morgan fingerprint density at radius 3 is 2.41 bits per heavy atom. The van der Waals surface area contributed by atoms with E-state index in [1.54, 1.807) is 30.3 Å². The Bertz CT molecular complexity index is 1220. The molecule has 6 nitrogen and oxygen atoms in total.